The van der Waals surface area contributed by atoms with E-state index in [4.69, 9.17) is 15.5 Å². The summed E-state index contributed by atoms with van der Waals surface area (Å²) in [5.74, 6) is 1.88. The number of nitrogens with two attached hydrogens (primary N) is 1. The smallest absolute Gasteiger partial charge is 0.227 e. The molecule has 1 saturated carbocycles. The molecule has 4 rings (SSSR count). The van der Waals surface area contributed by atoms with Gasteiger partial charge in [-0.25, -0.2) is 9.67 Å². The van der Waals surface area contributed by atoms with Crippen molar-refractivity contribution in [2.24, 2.45) is 11.7 Å². The molecule has 158 valence electrons. The Morgan fingerprint density at radius 2 is 2.17 bits per heavy atom. The van der Waals surface area contributed by atoms with Gasteiger partial charge in [0.2, 0.25) is 5.88 Å². The second kappa shape index (κ2) is 8.59. The van der Waals surface area contributed by atoms with E-state index in [1.165, 1.54) is 12.8 Å². The summed E-state index contributed by atoms with van der Waals surface area (Å²) in [5.41, 5.74) is 8.55. The SMILES string of the molecule is C=c1/c(=C\C(=C/N)Cc2nc(OCC)c3c(Br)c(CC)[nH]c3n2)nnn1CC1CC1. The Morgan fingerprint density at radius 1 is 1.37 bits per heavy atom. The second-order valence-electron chi connectivity index (χ2n) is 7.48. The Morgan fingerprint density at radius 3 is 2.83 bits per heavy atom. The van der Waals surface area contributed by atoms with Crippen molar-refractivity contribution in [2.45, 2.75) is 46.1 Å². The molecular weight excluding hydrogens is 446 g/mol. The van der Waals surface area contributed by atoms with Gasteiger partial charge in [-0.15, -0.1) is 5.10 Å². The lowest BCUT2D eigenvalue weighted by molar-refractivity contribution is 0.329. The Balaban J connectivity index is 1.66. The molecule has 0 aromatic carbocycles. The number of hydrogen-bond donors (Lipinski definition) is 2. The summed E-state index contributed by atoms with van der Waals surface area (Å²) in [5, 5.41) is 10.9. The maximum atomic E-state index is 5.90. The second-order valence-corrected chi connectivity index (χ2v) is 8.28. The highest BCUT2D eigenvalue weighted by Crippen LogP contribution is 2.33. The van der Waals surface area contributed by atoms with Crippen molar-refractivity contribution in [3.63, 3.8) is 0 Å². The third-order valence-corrected chi connectivity index (χ3v) is 6.08. The molecule has 9 heteroatoms. The number of fused-ring (bicyclic) bond motifs is 1. The third kappa shape index (κ3) is 4.12. The molecule has 0 amide bonds. The number of halogens is 1. The van der Waals surface area contributed by atoms with Gasteiger partial charge >= 0.3 is 0 Å². The predicted octanol–water partition coefficient (Wildman–Crippen LogP) is 1.96. The largest absolute Gasteiger partial charge is 0.477 e. The molecule has 3 N–H and O–H groups in total. The fraction of sp³-hybridized carbons (Fsp3) is 0.429. The van der Waals surface area contributed by atoms with Crippen LogP contribution in [-0.2, 0) is 19.4 Å². The van der Waals surface area contributed by atoms with Crippen LogP contribution in [0, 0.1) is 5.92 Å². The molecule has 0 atom stereocenters. The van der Waals surface area contributed by atoms with Crippen LogP contribution in [0.1, 0.15) is 38.2 Å². The highest BCUT2D eigenvalue weighted by molar-refractivity contribution is 9.10. The molecule has 3 aromatic heterocycles. The van der Waals surface area contributed by atoms with E-state index in [-0.39, 0.29) is 0 Å². The van der Waals surface area contributed by atoms with Crippen LogP contribution < -0.4 is 21.2 Å². The first-order valence-corrected chi connectivity index (χ1v) is 11.0. The van der Waals surface area contributed by atoms with Crippen LogP contribution in [0.4, 0.5) is 0 Å². The normalized spacial score (nSPS) is 15.3. The Kier molecular flexibility index (Phi) is 5.90. The van der Waals surface area contributed by atoms with Crippen molar-refractivity contribution in [3.05, 3.63) is 38.5 Å². The zero-order valence-electron chi connectivity index (χ0n) is 17.3. The maximum Gasteiger partial charge on any atom is 0.227 e. The number of ether oxygens (including phenoxy) is 1. The van der Waals surface area contributed by atoms with Crippen molar-refractivity contribution in [2.75, 3.05) is 6.61 Å². The number of aryl methyl sites for hydroxylation is 1. The molecule has 0 saturated heterocycles. The van der Waals surface area contributed by atoms with E-state index in [2.05, 4.69) is 49.7 Å². The summed E-state index contributed by atoms with van der Waals surface area (Å²) >= 11 is 3.64. The fourth-order valence-electron chi connectivity index (χ4n) is 3.35. The van der Waals surface area contributed by atoms with Gasteiger partial charge in [0.05, 0.1) is 21.8 Å². The van der Waals surface area contributed by atoms with Crippen LogP contribution in [0.3, 0.4) is 0 Å². The van der Waals surface area contributed by atoms with E-state index >= 15 is 0 Å². The van der Waals surface area contributed by atoms with Crippen molar-refractivity contribution in [1.82, 2.24) is 29.9 Å². The van der Waals surface area contributed by atoms with Crippen LogP contribution in [0.25, 0.3) is 23.7 Å². The van der Waals surface area contributed by atoms with Crippen molar-refractivity contribution in [1.29, 1.82) is 0 Å². The van der Waals surface area contributed by atoms with Gasteiger partial charge in [0.15, 0.2) is 0 Å². The van der Waals surface area contributed by atoms with Gasteiger partial charge in [-0.05, 0) is 65.9 Å². The van der Waals surface area contributed by atoms with Gasteiger partial charge < -0.3 is 15.5 Å². The molecule has 0 spiro atoms. The zero-order chi connectivity index (χ0) is 21.3. The fourth-order valence-corrected chi connectivity index (χ4v) is 4.09. The van der Waals surface area contributed by atoms with E-state index in [9.17, 15) is 0 Å². The van der Waals surface area contributed by atoms with Gasteiger partial charge in [0.25, 0.3) is 0 Å². The number of H-pyrrole nitrogens is 1. The first-order valence-electron chi connectivity index (χ1n) is 10.2. The summed E-state index contributed by atoms with van der Waals surface area (Å²) in [6.45, 7) is 9.55. The van der Waals surface area contributed by atoms with Crippen LogP contribution in [0.15, 0.2) is 16.2 Å². The Labute approximate surface area is 183 Å². The summed E-state index contributed by atoms with van der Waals surface area (Å²) in [6.07, 6.45) is 7.25. The van der Waals surface area contributed by atoms with Gasteiger partial charge in [-0.1, -0.05) is 18.7 Å². The van der Waals surface area contributed by atoms with Crippen LogP contribution in [-0.4, -0.2) is 36.6 Å². The number of nitrogens with one attached hydrogen (secondary N) is 1. The lowest BCUT2D eigenvalue weighted by Crippen LogP contribution is -2.29. The first-order chi connectivity index (χ1) is 14.5. The van der Waals surface area contributed by atoms with Crippen LogP contribution >= 0.6 is 15.9 Å². The summed E-state index contributed by atoms with van der Waals surface area (Å²) < 4.78 is 8.62. The van der Waals surface area contributed by atoms with Gasteiger partial charge in [-0.3, -0.25) is 0 Å². The van der Waals surface area contributed by atoms with Crippen LogP contribution in [0.2, 0.25) is 0 Å². The first kappa shape index (κ1) is 20.6. The molecule has 3 aromatic rings. The summed E-state index contributed by atoms with van der Waals surface area (Å²) in [7, 11) is 0. The number of hydrogen-bond acceptors (Lipinski definition) is 6. The number of aromatic amines is 1. The average molecular weight is 472 g/mol. The minimum Gasteiger partial charge on any atom is -0.477 e. The number of aromatic nitrogens is 6. The topological polar surface area (TPSA) is 108 Å². The van der Waals surface area contributed by atoms with Gasteiger partial charge in [0, 0.05) is 18.7 Å². The van der Waals surface area contributed by atoms with Crippen molar-refractivity contribution >= 4 is 39.6 Å². The molecule has 3 heterocycles. The highest BCUT2D eigenvalue weighted by Gasteiger charge is 2.22. The maximum absolute atomic E-state index is 5.90. The van der Waals surface area contributed by atoms with Crippen molar-refractivity contribution in [3.8, 4) is 5.88 Å². The minimum absolute atomic E-state index is 0.444. The molecule has 0 aliphatic heterocycles. The number of rotatable bonds is 8. The van der Waals surface area contributed by atoms with E-state index in [0.29, 0.717) is 36.0 Å². The average Bonchev–Trinajstić information content (AvgIpc) is 3.41. The summed E-state index contributed by atoms with van der Waals surface area (Å²) in [4.78, 5) is 12.7. The molecule has 0 radical (unpaired) electrons. The van der Waals surface area contributed by atoms with Gasteiger partial charge in [0.1, 0.15) is 16.8 Å². The lowest BCUT2D eigenvalue weighted by atomic mass is 10.1. The molecule has 30 heavy (non-hydrogen) atoms. The zero-order valence-corrected chi connectivity index (χ0v) is 18.9. The van der Waals surface area contributed by atoms with E-state index < -0.39 is 0 Å². The monoisotopic (exact) mass is 471 g/mol. The molecular formula is C21H26BrN7O. The molecule has 0 bridgehead atoms. The summed E-state index contributed by atoms with van der Waals surface area (Å²) in [6, 6.07) is 0. The van der Waals surface area contributed by atoms with E-state index in [1.807, 2.05) is 17.7 Å². The minimum atomic E-state index is 0.444. The van der Waals surface area contributed by atoms with Crippen LogP contribution in [0.5, 0.6) is 5.88 Å². The van der Waals surface area contributed by atoms with Crippen molar-refractivity contribution < 1.29 is 4.74 Å². The molecule has 1 fully saturated rings. The van der Waals surface area contributed by atoms with Gasteiger partial charge in [-0.2, -0.15) is 4.98 Å². The lowest BCUT2D eigenvalue weighted by Gasteiger charge is -2.07. The number of allylic oxidation sites excluding steroid dienone is 1. The highest BCUT2D eigenvalue weighted by atomic mass is 79.9. The Bertz CT molecular complexity index is 1210. The molecule has 1 aliphatic rings. The standard InChI is InChI=1S/C21H26BrN7O/c1-4-15-19(22)18-20(24-15)25-17(26-21(18)30-5-2)9-14(10-23)8-16-12(3)29(28-27-16)11-13-6-7-13/h8,10,13H,3-7,9,11,23H2,1-2H3,(H,24,25,26)/b14-10+,16-8+. The number of nitrogens with zero attached hydrogens (tertiary/aromatic N) is 5. The molecule has 0 unspecified atom stereocenters. The quantitative estimate of drug-likeness (QED) is 0.519. The van der Waals surface area contributed by atoms with E-state index in [1.54, 1.807) is 6.20 Å². The molecule has 1 aliphatic carbocycles. The third-order valence-electron chi connectivity index (χ3n) is 5.20. The van der Waals surface area contributed by atoms with E-state index in [0.717, 1.165) is 45.1 Å². The molecule has 8 nitrogen and oxygen atoms in total. The predicted molar refractivity (Wildman–Crippen MR) is 120 cm³/mol. The Hall–Kier alpha value is -2.68.